The van der Waals surface area contributed by atoms with E-state index in [2.05, 4.69) is 5.32 Å². The maximum atomic E-state index is 12.4. The van der Waals surface area contributed by atoms with E-state index in [0.717, 1.165) is 10.5 Å². The molecule has 0 aliphatic carbocycles. The summed E-state index contributed by atoms with van der Waals surface area (Å²) in [7, 11) is -3.42. The molecule has 2 aliphatic rings. The first kappa shape index (κ1) is 21.4. The monoisotopic (exact) mass is 423 g/mol. The van der Waals surface area contributed by atoms with Gasteiger partial charge in [0.15, 0.2) is 0 Å². The highest BCUT2D eigenvalue weighted by Crippen LogP contribution is 2.24. The van der Waals surface area contributed by atoms with Gasteiger partial charge in [-0.1, -0.05) is 11.6 Å². The number of nitrogens with zero attached hydrogens (tertiary/aromatic N) is 2. The predicted molar refractivity (Wildman–Crippen MR) is 105 cm³/mol. The fraction of sp³-hybridized carbons (Fsp3) is 0.526. The molecule has 10 heteroatoms. The highest BCUT2D eigenvalue weighted by molar-refractivity contribution is 7.89. The van der Waals surface area contributed by atoms with Crippen LogP contribution in [0.25, 0.3) is 0 Å². The summed E-state index contributed by atoms with van der Waals surface area (Å²) >= 11 is 0. The first-order valence-electron chi connectivity index (χ1n) is 9.59. The van der Waals surface area contributed by atoms with E-state index >= 15 is 0 Å². The molecule has 1 N–H and O–H groups in total. The zero-order chi connectivity index (χ0) is 21.0. The molecule has 3 rings (SSSR count). The van der Waals surface area contributed by atoms with Gasteiger partial charge < -0.3 is 10.1 Å². The van der Waals surface area contributed by atoms with Crippen LogP contribution >= 0.6 is 0 Å². The molecule has 1 saturated heterocycles. The summed E-state index contributed by atoms with van der Waals surface area (Å²) in [6, 6.07) is 5.12. The minimum atomic E-state index is -3.42. The Bertz CT molecular complexity index is 909. The SMILES string of the molecule is Cc1ccc2c(c1)C(=O)N(CCCC(=O)NCCS(=O)(=O)N1CCOCC1)C2=O. The predicted octanol–water partition coefficient (Wildman–Crippen LogP) is 0.149. The highest BCUT2D eigenvalue weighted by Gasteiger charge is 2.35. The maximum absolute atomic E-state index is 12.4. The fourth-order valence-corrected chi connectivity index (χ4v) is 4.69. The number of amides is 3. The number of aryl methyl sites for hydroxylation is 1. The summed E-state index contributed by atoms with van der Waals surface area (Å²) in [5, 5.41) is 2.59. The Morgan fingerprint density at radius 1 is 1.14 bits per heavy atom. The third-order valence-corrected chi connectivity index (χ3v) is 6.83. The van der Waals surface area contributed by atoms with E-state index < -0.39 is 10.0 Å². The van der Waals surface area contributed by atoms with Gasteiger partial charge >= 0.3 is 0 Å². The van der Waals surface area contributed by atoms with Gasteiger partial charge in [0.05, 0.1) is 30.1 Å². The van der Waals surface area contributed by atoms with Crippen molar-refractivity contribution in [2.24, 2.45) is 0 Å². The van der Waals surface area contributed by atoms with Gasteiger partial charge in [-0.05, 0) is 25.5 Å². The molecule has 158 valence electrons. The average Bonchev–Trinajstić information content (AvgIpc) is 2.93. The molecule has 0 atom stereocenters. The standard InChI is InChI=1S/C19H25N3O6S/c1-14-4-5-15-16(13-14)19(25)22(18(15)24)7-2-3-17(23)20-6-12-29(26,27)21-8-10-28-11-9-21/h4-5,13H,2-3,6-12H2,1H3,(H,20,23). The second kappa shape index (κ2) is 9.02. The van der Waals surface area contributed by atoms with Crippen LogP contribution in [-0.4, -0.2) is 80.5 Å². The van der Waals surface area contributed by atoms with E-state index in [9.17, 15) is 22.8 Å². The summed E-state index contributed by atoms with van der Waals surface area (Å²) in [4.78, 5) is 37.9. The number of hydrogen-bond acceptors (Lipinski definition) is 6. The zero-order valence-corrected chi connectivity index (χ0v) is 17.2. The van der Waals surface area contributed by atoms with Gasteiger partial charge in [-0.3, -0.25) is 19.3 Å². The molecular formula is C19H25N3O6S. The van der Waals surface area contributed by atoms with Gasteiger partial charge in [0.2, 0.25) is 15.9 Å². The lowest BCUT2D eigenvalue weighted by Crippen LogP contribution is -2.43. The van der Waals surface area contributed by atoms with Crippen LogP contribution < -0.4 is 5.32 Å². The van der Waals surface area contributed by atoms with Crippen molar-refractivity contribution in [3.8, 4) is 0 Å². The quantitative estimate of drug-likeness (QED) is 0.596. The molecule has 0 saturated carbocycles. The molecule has 1 aromatic rings. The number of sulfonamides is 1. The summed E-state index contributed by atoms with van der Waals surface area (Å²) in [5.74, 6) is -1.17. The van der Waals surface area contributed by atoms with Crippen molar-refractivity contribution >= 4 is 27.7 Å². The van der Waals surface area contributed by atoms with Gasteiger partial charge in [0, 0.05) is 32.6 Å². The number of nitrogens with one attached hydrogen (secondary N) is 1. The van der Waals surface area contributed by atoms with Gasteiger partial charge in [-0.2, -0.15) is 4.31 Å². The van der Waals surface area contributed by atoms with Gasteiger partial charge in [-0.25, -0.2) is 8.42 Å². The van der Waals surface area contributed by atoms with E-state index in [1.807, 2.05) is 6.92 Å². The lowest BCUT2D eigenvalue weighted by Gasteiger charge is -2.26. The maximum Gasteiger partial charge on any atom is 0.261 e. The number of carbonyl (C=O) groups excluding carboxylic acids is 3. The molecule has 29 heavy (non-hydrogen) atoms. The van der Waals surface area contributed by atoms with Crippen LogP contribution in [-0.2, 0) is 19.6 Å². The lowest BCUT2D eigenvalue weighted by atomic mass is 10.1. The number of carbonyl (C=O) groups is 3. The smallest absolute Gasteiger partial charge is 0.261 e. The van der Waals surface area contributed by atoms with E-state index in [1.165, 1.54) is 4.31 Å². The third-order valence-electron chi connectivity index (χ3n) is 4.96. The van der Waals surface area contributed by atoms with E-state index in [-0.39, 0.29) is 43.0 Å². The Labute approximate surface area is 170 Å². The van der Waals surface area contributed by atoms with Crippen LogP contribution in [0.15, 0.2) is 18.2 Å². The largest absolute Gasteiger partial charge is 0.379 e. The number of imide groups is 1. The molecular weight excluding hydrogens is 398 g/mol. The Hall–Kier alpha value is -2.30. The molecule has 2 heterocycles. The normalized spacial score (nSPS) is 17.5. The number of benzene rings is 1. The van der Waals surface area contributed by atoms with E-state index in [0.29, 0.717) is 43.9 Å². The Morgan fingerprint density at radius 3 is 2.55 bits per heavy atom. The molecule has 0 radical (unpaired) electrons. The van der Waals surface area contributed by atoms with Crippen molar-refractivity contribution in [3.63, 3.8) is 0 Å². The molecule has 9 nitrogen and oxygen atoms in total. The summed E-state index contributed by atoms with van der Waals surface area (Å²) < 4.78 is 30.9. The molecule has 1 fully saturated rings. The van der Waals surface area contributed by atoms with Crippen LogP contribution in [0.4, 0.5) is 0 Å². The summed E-state index contributed by atoms with van der Waals surface area (Å²) in [6.07, 6.45) is 0.413. The Balaban J connectivity index is 1.40. The van der Waals surface area contributed by atoms with Crippen molar-refractivity contribution in [3.05, 3.63) is 34.9 Å². The first-order chi connectivity index (χ1) is 13.8. The van der Waals surface area contributed by atoms with Crippen LogP contribution in [0.3, 0.4) is 0 Å². The van der Waals surface area contributed by atoms with E-state index in [4.69, 9.17) is 4.74 Å². The molecule has 0 unspecified atom stereocenters. The molecule has 3 amide bonds. The number of ether oxygens (including phenoxy) is 1. The molecule has 2 aliphatic heterocycles. The second-order valence-corrected chi connectivity index (χ2v) is 9.18. The van der Waals surface area contributed by atoms with Crippen LogP contribution in [0.1, 0.15) is 39.1 Å². The number of morpholine rings is 1. The second-order valence-electron chi connectivity index (χ2n) is 7.09. The lowest BCUT2D eigenvalue weighted by molar-refractivity contribution is -0.121. The number of fused-ring (bicyclic) bond motifs is 1. The van der Waals surface area contributed by atoms with Crippen LogP contribution in [0.2, 0.25) is 0 Å². The van der Waals surface area contributed by atoms with Crippen LogP contribution in [0.5, 0.6) is 0 Å². The number of rotatable bonds is 8. The Kier molecular flexibility index (Phi) is 6.66. The minimum Gasteiger partial charge on any atom is -0.379 e. The van der Waals surface area contributed by atoms with Gasteiger partial charge in [0.25, 0.3) is 11.8 Å². The minimum absolute atomic E-state index is 0.0187. The molecule has 0 aromatic heterocycles. The highest BCUT2D eigenvalue weighted by atomic mass is 32.2. The molecule has 1 aromatic carbocycles. The zero-order valence-electron chi connectivity index (χ0n) is 16.3. The van der Waals surface area contributed by atoms with Crippen molar-refractivity contribution in [1.29, 1.82) is 0 Å². The Morgan fingerprint density at radius 2 is 1.83 bits per heavy atom. The fourth-order valence-electron chi connectivity index (χ4n) is 3.37. The van der Waals surface area contributed by atoms with Crippen molar-refractivity contribution in [2.75, 3.05) is 45.1 Å². The van der Waals surface area contributed by atoms with Gasteiger partial charge in [-0.15, -0.1) is 0 Å². The summed E-state index contributed by atoms with van der Waals surface area (Å²) in [6.45, 7) is 3.43. The van der Waals surface area contributed by atoms with Crippen LogP contribution in [0, 0.1) is 6.92 Å². The summed E-state index contributed by atoms with van der Waals surface area (Å²) in [5.41, 5.74) is 1.68. The topological polar surface area (TPSA) is 113 Å². The van der Waals surface area contributed by atoms with E-state index in [1.54, 1.807) is 18.2 Å². The molecule has 0 spiro atoms. The van der Waals surface area contributed by atoms with Crippen molar-refractivity contribution in [1.82, 2.24) is 14.5 Å². The van der Waals surface area contributed by atoms with Crippen molar-refractivity contribution < 1.29 is 27.5 Å². The van der Waals surface area contributed by atoms with Crippen molar-refractivity contribution in [2.45, 2.75) is 19.8 Å². The first-order valence-corrected chi connectivity index (χ1v) is 11.2. The third kappa shape index (κ3) is 5.01. The molecule has 0 bridgehead atoms. The average molecular weight is 423 g/mol. The number of hydrogen-bond donors (Lipinski definition) is 1. The van der Waals surface area contributed by atoms with Gasteiger partial charge in [0.1, 0.15) is 0 Å².